The second-order valence-corrected chi connectivity index (χ2v) is 3.88. The van der Waals surface area contributed by atoms with E-state index in [0.29, 0.717) is 6.42 Å². The molecular weight excluding hydrogens is 291 g/mol. The van der Waals surface area contributed by atoms with E-state index in [1.807, 2.05) is 0 Å². The Bertz CT molecular complexity index is 328. The van der Waals surface area contributed by atoms with E-state index >= 15 is 0 Å². The molecule has 0 spiro atoms. The first-order valence-electron chi connectivity index (χ1n) is 5.67. The van der Waals surface area contributed by atoms with Gasteiger partial charge in [-0.1, -0.05) is 13.3 Å². The van der Waals surface area contributed by atoms with Gasteiger partial charge in [0.15, 0.2) is 0 Å². The van der Waals surface area contributed by atoms with Crippen LogP contribution in [0.5, 0.6) is 0 Å². The Morgan fingerprint density at radius 3 is 2.20 bits per heavy atom. The molecule has 0 heterocycles. The molecule has 0 aromatic carbocycles. The monoisotopic (exact) mass is 307 g/mol. The first-order chi connectivity index (χ1) is 8.36. The normalized spacial score (nSPS) is 13.6. The maximum Gasteiger partial charge on any atom is 1.00 e. The maximum atomic E-state index is 13.1. The van der Waals surface area contributed by atoms with Crippen LogP contribution in [0.4, 0.5) is 4.39 Å². The van der Waals surface area contributed by atoms with Gasteiger partial charge in [-0.3, -0.25) is 4.99 Å². The molecule has 1 unspecified atom stereocenters. The molecule has 0 aromatic rings. The molecule has 104 valence electrons. The van der Waals surface area contributed by atoms with Crippen molar-refractivity contribution in [1.29, 1.82) is 0 Å². The Kier molecular flexibility index (Phi) is 18.1. The van der Waals surface area contributed by atoms with E-state index < -0.39 is 42.9 Å². The molecule has 0 rings (SSSR count). The number of hydrogen-bond donors (Lipinski definition) is 1. The number of aliphatic imine (C=N–C) groups is 1. The number of hydrogen-bond acceptors (Lipinski definition) is 5. The van der Waals surface area contributed by atoms with Crippen LogP contribution in [0.3, 0.4) is 0 Å². The van der Waals surface area contributed by atoms with Crippen LogP contribution in [-0.2, 0) is 9.59 Å². The second-order valence-electron chi connectivity index (χ2n) is 3.88. The molecule has 0 saturated heterocycles. The van der Waals surface area contributed by atoms with Crippen molar-refractivity contribution in [3.63, 3.8) is 0 Å². The molecule has 0 saturated carbocycles. The molecule has 0 aliphatic heterocycles. The molecule has 6 nitrogen and oxygen atoms in total. The van der Waals surface area contributed by atoms with Crippen LogP contribution in [0, 0.1) is 0 Å². The number of rotatable bonds is 9. The van der Waals surface area contributed by atoms with Crippen molar-refractivity contribution in [3.8, 4) is 0 Å². The van der Waals surface area contributed by atoms with E-state index in [-0.39, 0.29) is 72.0 Å². The molecule has 9 heteroatoms. The van der Waals surface area contributed by atoms with E-state index in [0.717, 1.165) is 0 Å². The van der Waals surface area contributed by atoms with Crippen LogP contribution in [0.1, 0.15) is 39.0 Å². The Hall–Kier alpha value is 0.340. The number of carboxylic acids is 2. The van der Waals surface area contributed by atoms with Crippen molar-refractivity contribution in [2.75, 3.05) is 0 Å². The summed E-state index contributed by atoms with van der Waals surface area (Å²) in [6.45, 7) is 1.76. The number of aliphatic carboxylic acids is 2. The fourth-order valence-electron chi connectivity index (χ4n) is 1.33. The van der Waals surface area contributed by atoms with Crippen LogP contribution in [-0.4, -0.2) is 35.2 Å². The van der Waals surface area contributed by atoms with E-state index in [9.17, 15) is 24.2 Å². The van der Waals surface area contributed by atoms with Crippen molar-refractivity contribution >= 4 is 17.8 Å². The summed E-state index contributed by atoms with van der Waals surface area (Å²) in [6, 6.07) is -1.45. The minimum atomic E-state index is -1.45. The van der Waals surface area contributed by atoms with Gasteiger partial charge in [0.1, 0.15) is 12.2 Å². The molecule has 0 amide bonds. The number of alkyl halides is 1. The van der Waals surface area contributed by atoms with Crippen molar-refractivity contribution in [3.05, 3.63) is 0 Å². The first-order valence-corrected chi connectivity index (χ1v) is 5.67. The zero-order valence-electron chi connectivity index (χ0n) is 12.1. The third kappa shape index (κ3) is 13.3. The summed E-state index contributed by atoms with van der Waals surface area (Å²) in [4.78, 5) is 24.2. The zero-order valence-corrected chi connectivity index (χ0v) is 16.1. The number of nitrogens with zero attached hydrogens (tertiary/aromatic N) is 1. The van der Waals surface area contributed by atoms with Crippen molar-refractivity contribution in [2.24, 2.45) is 4.99 Å². The van der Waals surface area contributed by atoms with Crippen LogP contribution in [0.25, 0.3) is 0 Å². The summed E-state index contributed by atoms with van der Waals surface area (Å²) in [5, 5.41) is 30.2. The Morgan fingerprint density at radius 2 is 1.80 bits per heavy atom. The minimum Gasteiger partial charge on any atom is -0.862 e. The number of carboxylic acid groups (broad SMARTS) is 2. The summed E-state index contributed by atoms with van der Waals surface area (Å²) in [7, 11) is 0. The first kappa shape index (κ1) is 25.3. The summed E-state index contributed by atoms with van der Waals surface area (Å²) in [5.74, 6) is -3.68. The summed E-state index contributed by atoms with van der Waals surface area (Å²) >= 11 is 0. The van der Waals surface area contributed by atoms with Crippen LogP contribution in [0.15, 0.2) is 4.99 Å². The van der Waals surface area contributed by atoms with E-state index in [1.54, 1.807) is 6.92 Å². The standard InChI is InChI=1S/C11H18FNO5.2Na/c1-2-3-7(12)6-9(14)13-8(11(17)18)4-5-10(15)16;;/h7-8H,2-6H2,1H3,(H,13,14)(H,15,16)(H,17,18);;/q;2*+1/p-2/t7?,8-;;/m0../s1. The maximum absolute atomic E-state index is 13.1. The summed E-state index contributed by atoms with van der Waals surface area (Å²) < 4.78 is 13.1. The fourth-order valence-corrected chi connectivity index (χ4v) is 1.33. The molecular formula is C11H16FNNa2O5. The minimum absolute atomic E-state index is 0. The predicted octanol–water partition coefficient (Wildman–Crippen LogP) is -6.74. The Balaban J connectivity index is -0.00000144. The van der Waals surface area contributed by atoms with Gasteiger partial charge in [0.05, 0.1) is 0 Å². The van der Waals surface area contributed by atoms with Gasteiger partial charge in [0.25, 0.3) is 0 Å². The summed E-state index contributed by atoms with van der Waals surface area (Å²) in [5.41, 5.74) is 0. The third-order valence-electron chi connectivity index (χ3n) is 2.20. The van der Waals surface area contributed by atoms with E-state index in [2.05, 4.69) is 4.99 Å². The Labute approximate surface area is 161 Å². The Morgan fingerprint density at radius 1 is 1.25 bits per heavy atom. The van der Waals surface area contributed by atoms with Crippen LogP contribution < -0.4 is 69.3 Å². The predicted molar refractivity (Wildman–Crippen MR) is 57.5 cm³/mol. The molecule has 0 aromatic heterocycles. The number of carbonyl (C=O) groups excluding carboxylic acids is 1. The zero-order chi connectivity index (χ0) is 14.1. The van der Waals surface area contributed by atoms with Crippen molar-refractivity contribution in [2.45, 2.75) is 51.2 Å². The number of carbonyl (C=O) groups is 2. The molecule has 0 bridgehead atoms. The van der Waals surface area contributed by atoms with E-state index in [4.69, 9.17) is 5.11 Å². The summed E-state index contributed by atoms with van der Waals surface area (Å²) in [6.07, 6.45) is -1.89. The van der Waals surface area contributed by atoms with Crippen LogP contribution in [0.2, 0.25) is 0 Å². The third-order valence-corrected chi connectivity index (χ3v) is 2.20. The quantitative estimate of drug-likeness (QED) is 0.258. The average molecular weight is 307 g/mol. The smallest absolute Gasteiger partial charge is 0.862 e. The topological polar surface area (TPSA) is 113 Å². The molecule has 1 N–H and O–H groups in total. The molecule has 20 heavy (non-hydrogen) atoms. The molecule has 0 fully saturated rings. The molecule has 0 radical (unpaired) electrons. The van der Waals surface area contributed by atoms with Gasteiger partial charge in [0, 0.05) is 12.4 Å². The SMILES string of the molecule is CCCC(F)CC([O-])=N[C@@H](CCC(=O)[O-])C(=O)O.[Na+].[Na+]. The number of halogens is 1. The second kappa shape index (κ2) is 14.3. The van der Waals surface area contributed by atoms with Gasteiger partial charge in [-0.2, -0.15) is 0 Å². The molecule has 2 atom stereocenters. The molecule has 0 aliphatic carbocycles. The van der Waals surface area contributed by atoms with Gasteiger partial charge in [-0.05, 0) is 25.2 Å². The van der Waals surface area contributed by atoms with E-state index in [1.165, 1.54) is 0 Å². The van der Waals surface area contributed by atoms with Gasteiger partial charge >= 0.3 is 65.1 Å². The molecule has 0 aliphatic rings. The van der Waals surface area contributed by atoms with Crippen molar-refractivity contribution in [1.82, 2.24) is 0 Å². The average Bonchev–Trinajstić information content (AvgIpc) is 2.23. The van der Waals surface area contributed by atoms with Crippen LogP contribution >= 0.6 is 0 Å². The van der Waals surface area contributed by atoms with Gasteiger partial charge in [-0.15, -0.1) is 0 Å². The van der Waals surface area contributed by atoms with Gasteiger partial charge < -0.3 is 20.1 Å². The largest absolute Gasteiger partial charge is 1.00 e. The van der Waals surface area contributed by atoms with Gasteiger partial charge in [0.2, 0.25) is 0 Å². The van der Waals surface area contributed by atoms with Gasteiger partial charge in [-0.25, -0.2) is 9.18 Å². The fraction of sp³-hybridized carbons (Fsp3) is 0.727. The van der Waals surface area contributed by atoms with Crippen molar-refractivity contribution < 1.29 is 88.4 Å².